The maximum atomic E-state index is 13.0. The normalized spacial score (nSPS) is 11.0. The van der Waals surface area contributed by atoms with Crippen molar-refractivity contribution < 1.29 is 13.7 Å². The zero-order valence-electron chi connectivity index (χ0n) is 12.3. The van der Waals surface area contributed by atoms with Gasteiger partial charge in [-0.25, -0.2) is 9.37 Å². The van der Waals surface area contributed by atoms with Crippen LogP contribution < -0.4 is 5.32 Å². The highest BCUT2D eigenvalue weighted by Gasteiger charge is 2.13. The molecule has 4 aromatic rings. The molecule has 0 fully saturated rings. The molecule has 0 aliphatic rings. The predicted octanol–water partition coefficient (Wildman–Crippen LogP) is 3.37. The first-order chi connectivity index (χ1) is 11.7. The fourth-order valence-corrected chi connectivity index (χ4v) is 3.22. The first-order valence-corrected chi connectivity index (χ1v) is 7.98. The lowest BCUT2D eigenvalue weighted by Gasteiger charge is -2.00. The van der Waals surface area contributed by atoms with Gasteiger partial charge in [0.25, 0.3) is 0 Å². The molecule has 0 aliphatic heterocycles. The Morgan fingerprint density at radius 1 is 1.29 bits per heavy atom. The molecule has 1 amide bonds. The van der Waals surface area contributed by atoms with E-state index in [9.17, 15) is 9.18 Å². The summed E-state index contributed by atoms with van der Waals surface area (Å²) in [4.78, 5) is 17.4. The number of rotatable bonds is 4. The van der Waals surface area contributed by atoms with Crippen LogP contribution in [0.4, 0.5) is 10.2 Å². The smallest absolute Gasteiger partial charge is 0.231 e. The second-order valence-electron chi connectivity index (χ2n) is 5.12. The average Bonchev–Trinajstić information content (AvgIpc) is 3.27. The van der Waals surface area contributed by atoms with Gasteiger partial charge in [-0.15, -0.1) is 11.3 Å². The summed E-state index contributed by atoms with van der Waals surface area (Å²) in [5.41, 5.74) is 2.38. The Kier molecular flexibility index (Phi) is 3.58. The molecule has 0 aliphatic carbocycles. The van der Waals surface area contributed by atoms with Crippen LogP contribution in [-0.4, -0.2) is 20.4 Å². The van der Waals surface area contributed by atoms with E-state index in [1.165, 1.54) is 29.7 Å². The van der Waals surface area contributed by atoms with Crippen LogP contribution in [0.3, 0.4) is 0 Å². The van der Waals surface area contributed by atoms with Crippen molar-refractivity contribution in [3.05, 3.63) is 59.7 Å². The van der Waals surface area contributed by atoms with Crippen molar-refractivity contribution in [2.24, 2.45) is 0 Å². The number of nitrogens with one attached hydrogen (secondary N) is 1. The molecule has 0 unspecified atom stereocenters. The van der Waals surface area contributed by atoms with Gasteiger partial charge in [-0.1, -0.05) is 5.16 Å². The predicted molar refractivity (Wildman–Crippen MR) is 87.3 cm³/mol. The van der Waals surface area contributed by atoms with Gasteiger partial charge in [0.1, 0.15) is 12.1 Å². The van der Waals surface area contributed by atoms with E-state index >= 15 is 0 Å². The highest BCUT2D eigenvalue weighted by molar-refractivity contribution is 7.15. The molecule has 24 heavy (non-hydrogen) atoms. The van der Waals surface area contributed by atoms with E-state index in [0.717, 1.165) is 21.9 Å². The number of hydrogen-bond donors (Lipinski definition) is 1. The molecule has 8 heteroatoms. The fraction of sp³-hybridized carbons (Fsp3) is 0.0625. The number of amides is 1. The van der Waals surface area contributed by atoms with Crippen molar-refractivity contribution in [2.45, 2.75) is 6.42 Å². The fourth-order valence-electron chi connectivity index (χ4n) is 2.34. The minimum atomic E-state index is -0.287. The summed E-state index contributed by atoms with van der Waals surface area (Å²) in [6.45, 7) is 0. The third kappa shape index (κ3) is 2.79. The van der Waals surface area contributed by atoms with Crippen molar-refractivity contribution in [3.63, 3.8) is 0 Å². The molecule has 1 aromatic carbocycles. The van der Waals surface area contributed by atoms with E-state index in [4.69, 9.17) is 0 Å². The molecule has 6 nitrogen and oxygen atoms in total. The highest BCUT2D eigenvalue weighted by atomic mass is 32.1. The summed E-state index contributed by atoms with van der Waals surface area (Å²) in [5, 5.41) is 8.19. The summed E-state index contributed by atoms with van der Waals surface area (Å²) in [7, 11) is 0. The summed E-state index contributed by atoms with van der Waals surface area (Å²) in [5.74, 6) is -0.102. The number of halogens is 1. The molecule has 3 aromatic heterocycles. The van der Waals surface area contributed by atoms with E-state index in [2.05, 4.69) is 20.0 Å². The minimum absolute atomic E-state index is 0.187. The van der Waals surface area contributed by atoms with Gasteiger partial charge in [-0.05, 0) is 24.3 Å². The van der Waals surface area contributed by atoms with E-state index in [-0.39, 0.29) is 18.1 Å². The minimum Gasteiger partial charge on any atom is -0.363 e. The van der Waals surface area contributed by atoms with Crippen LogP contribution in [0.1, 0.15) is 5.69 Å². The lowest BCUT2D eigenvalue weighted by molar-refractivity contribution is -0.115. The molecule has 0 spiro atoms. The van der Waals surface area contributed by atoms with Gasteiger partial charge in [0.2, 0.25) is 5.91 Å². The quantitative estimate of drug-likeness (QED) is 0.617. The van der Waals surface area contributed by atoms with Crippen LogP contribution in [-0.2, 0) is 11.2 Å². The third-order valence-corrected chi connectivity index (χ3v) is 4.36. The van der Waals surface area contributed by atoms with Gasteiger partial charge in [0.05, 0.1) is 12.1 Å². The number of anilines is 1. The van der Waals surface area contributed by atoms with Crippen molar-refractivity contribution in [3.8, 4) is 11.3 Å². The van der Waals surface area contributed by atoms with Gasteiger partial charge < -0.3 is 9.84 Å². The number of nitrogens with zero attached hydrogens (tertiary/aromatic N) is 3. The molecule has 0 bridgehead atoms. The van der Waals surface area contributed by atoms with E-state index in [1.807, 2.05) is 16.0 Å². The Labute approximate surface area is 139 Å². The first-order valence-electron chi connectivity index (χ1n) is 7.11. The number of aromatic nitrogens is 3. The largest absolute Gasteiger partial charge is 0.363 e. The monoisotopic (exact) mass is 342 g/mol. The molecule has 4 rings (SSSR count). The van der Waals surface area contributed by atoms with Crippen LogP contribution in [0.2, 0.25) is 0 Å². The molecule has 0 radical (unpaired) electrons. The Hall–Kier alpha value is -3.00. The standard InChI is InChI=1S/C16H11FN4O2S/c17-11-3-1-10(2-4-11)13-8-21-12(9-24-16(21)18-13)7-15(22)19-14-5-6-23-20-14/h1-6,8-9H,7H2,(H,19,20,22). The first kappa shape index (κ1) is 14.6. The zero-order chi connectivity index (χ0) is 16.5. The molecule has 1 N–H and O–H groups in total. The van der Waals surface area contributed by atoms with Crippen LogP contribution in [0.5, 0.6) is 0 Å². The molecular weight excluding hydrogens is 331 g/mol. The number of carbonyl (C=O) groups is 1. The van der Waals surface area contributed by atoms with Crippen LogP contribution in [0.15, 0.2) is 52.7 Å². The highest BCUT2D eigenvalue weighted by Crippen LogP contribution is 2.24. The van der Waals surface area contributed by atoms with Gasteiger partial charge in [0.15, 0.2) is 10.8 Å². The van der Waals surface area contributed by atoms with Gasteiger partial charge in [-0.2, -0.15) is 0 Å². The van der Waals surface area contributed by atoms with E-state index in [1.54, 1.807) is 18.2 Å². The van der Waals surface area contributed by atoms with Crippen molar-refractivity contribution in [1.82, 2.24) is 14.5 Å². The number of thiazole rings is 1. The topological polar surface area (TPSA) is 72.4 Å². The van der Waals surface area contributed by atoms with Crippen LogP contribution in [0, 0.1) is 5.82 Å². The molecule has 0 saturated heterocycles. The number of imidazole rings is 1. The second kappa shape index (κ2) is 5.89. The lowest BCUT2D eigenvalue weighted by atomic mass is 10.2. The zero-order valence-corrected chi connectivity index (χ0v) is 13.1. The van der Waals surface area contributed by atoms with Gasteiger partial charge in [0, 0.05) is 28.9 Å². The molecule has 0 saturated carbocycles. The number of hydrogen-bond acceptors (Lipinski definition) is 5. The van der Waals surface area contributed by atoms with Gasteiger partial charge in [-0.3, -0.25) is 9.20 Å². The number of fused-ring (bicyclic) bond motifs is 1. The van der Waals surface area contributed by atoms with E-state index < -0.39 is 0 Å². The van der Waals surface area contributed by atoms with E-state index in [0.29, 0.717) is 5.82 Å². The van der Waals surface area contributed by atoms with Crippen LogP contribution in [0.25, 0.3) is 16.2 Å². The van der Waals surface area contributed by atoms with Crippen molar-refractivity contribution in [2.75, 3.05) is 5.32 Å². The molecule has 120 valence electrons. The summed E-state index contributed by atoms with van der Waals surface area (Å²) in [6.07, 6.45) is 3.42. The molecule has 0 atom stereocenters. The van der Waals surface area contributed by atoms with Crippen molar-refractivity contribution in [1.29, 1.82) is 0 Å². The summed E-state index contributed by atoms with van der Waals surface area (Å²) < 4.78 is 19.6. The Balaban J connectivity index is 1.58. The Bertz CT molecular complexity index is 989. The number of carbonyl (C=O) groups excluding carboxylic acids is 1. The lowest BCUT2D eigenvalue weighted by Crippen LogP contribution is -2.15. The second-order valence-corrected chi connectivity index (χ2v) is 5.96. The Morgan fingerprint density at radius 2 is 2.12 bits per heavy atom. The SMILES string of the molecule is O=C(Cc1csc2nc(-c3ccc(F)cc3)cn12)Nc1ccon1. The maximum Gasteiger partial charge on any atom is 0.231 e. The average molecular weight is 342 g/mol. The van der Waals surface area contributed by atoms with Gasteiger partial charge >= 0.3 is 0 Å². The third-order valence-electron chi connectivity index (χ3n) is 3.47. The molecular formula is C16H11FN4O2S. The molecule has 3 heterocycles. The number of benzene rings is 1. The summed E-state index contributed by atoms with van der Waals surface area (Å²) >= 11 is 1.45. The van der Waals surface area contributed by atoms with Crippen molar-refractivity contribution >= 4 is 28.0 Å². The maximum absolute atomic E-state index is 13.0. The Morgan fingerprint density at radius 3 is 2.88 bits per heavy atom. The van der Waals surface area contributed by atoms with Crippen LogP contribution >= 0.6 is 11.3 Å². The summed E-state index contributed by atoms with van der Waals surface area (Å²) in [6, 6.07) is 7.73.